The molecule has 0 radical (unpaired) electrons. The fourth-order valence-corrected chi connectivity index (χ4v) is 3.49. The summed E-state index contributed by atoms with van der Waals surface area (Å²) in [6, 6.07) is 0. The Kier molecular flexibility index (Phi) is 2.75. The van der Waals surface area contributed by atoms with Crippen molar-refractivity contribution in [2.24, 2.45) is 11.8 Å². The molecule has 2 fully saturated rings. The molecule has 2 unspecified atom stereocenters. The predicted molar refractivity (Wildman–Crippen MR) is 55.7 cm³/mol. The third-order valence-corrected chi connectivity index (χ3v) is 4.34. The van der Waals surface area contributed by atoms with Crippen LogP contribution in [0.3, 0.4) is 0 Å². The van der Waals surface area contributed by atoms with Crippen LogP contribution < -0.4 is 0 Å². The Morgan fingerprint density at radius 2 is 2.00 bits per heavy atom. The summed E-state index contributed by atoms with van der Waals surface area (Å²) in [7, 11) is 2.26. The molecule has 2 aliphatic rings. The molecule has 0 amide bonds. The van der Waals surface area contributed by atoms with E-state index in [0.717, 1.165) is 16.7 Å². The molecule has 0 aromatic rings. The second kappa shape index (κ2) is 3.67. The van der Waals surface area contributed by atoms with Gasteiger partial charge in [0.15, 0.2) is 0 Å². The number of rotatable bonds is 0. The Labute approximate surface area is 83.6 Å². The van der Waals surface area contributed by atoms with Crippen molar-refractivity contribution in [2.45, 2.75) is 30.5 Å². The number of hydrogen-bond donors (Lipinski definition) is 0. The van der Waals surface area contributed by atoms with Crippen LogP contribution in [-0.2, 0) is 0 Å². The van der Waals surface area contributed by atoms with Gasteiger partial charge in [0.2, 0.25) is 0 Å². The minimum absolute atomic E-state index is 0.821. The molecule has 1 aliphatic carbocycles. The number of halogens is 1. The van der Waals surface area contributed by atoms with Gasteiger partial charge in [-0.2, -0.15) is 0 Å². The highest BCUT2D eigenvalue weighted by Gasteiger charge is 2.32. The fraction of sp³-hybridized carbons (Fsp3) is 1.00. The van der Waals surface area contributed by atoms with Crippen LogP contribution in [0.1, 0.15) is 25.7 Å². The van der Waals surface area contributed by atoms with Crippen molar-refractivity contribution in [1.29, 1.82) is 0 Å². The molecule has 70 valence electrons. The quantitative estimate of drug-likeness (QED) is 0.580. The van der Waals surface area contributed by atoms with Gasteiger partial charge in [0, 0.05) is 11.4 Å². The van der Waals surface area contributed by atoms with Crippen molar-refractivity contribution in [3.05, 3.63) is 0 Å². The standard InChI is InChI=1S/C10H18BrN/c1-12-5-4-8-6-10(11)3-2-9(8)7-12/h8-10H,2-7H2,1H3/t8-,9?,10?/m0/s1. The van der Waals surface area contributed by atoms with Gasteiger partial charge in [-0.25, -0.2) is 0 Å². The molecule has 0 N–H and O–H groups in total. The lowest BCUT2D eigenvalue weighted by atomic mass is 9.75. The van der Waals surface area contributed by atoms with Gasteiger partial charge in [0.1, 0.15) is 0 Å². The van der Waals surface area contributed by atoms with Gasteiger partial charge in [0.05, 0.1) is 0 Å². The van der Waals surface area contributed by atoms with Crippen LogP contribution in [0.2, 0.25) is 0 Å². The van der Waals surface area contributed by atoms with Crippen molar-refractivity contribution < 1.29 is 0 Å². The Bertz CT molecular complexity index is 142. The molecule has 0 aromatic heterocycles. The van der Waals surface area contributed by atoms with E-state index < -0.39 is 0 Å². The largest absolute Gasteiger partial charge is 0.306 e. The van der Waals surface area contributed by atoms with Gasteiger partial charge in [-0.05, 0) is 51.1 Å². The van der Waals surface area contributed by atoms with Gasteiger partial charge in [-0.15, -0.1) is 0 Å². The molecule has 12 heavy (non-hydrogen) atoms. The van der Waals surface area contributed by atoms with Crippen LogP contribution in [0, 0.1) is 11.8 Å². The molecular formula is C10H18BrN. The highest BCUT2D eigenvalue weighted by molar-refractivity contribution is 9.09. The van der Waals surface area contributed by atoms with Crippen molar-refractivity contribution in [3.63, 3.8) is 0 Å². The molecule has 3 atom stereocenters. The van der Waals surface area contributed by atoms with Crippen LogP contribution in [0.25, 0.3) is 0 Å². The summed E-state index contributed by atoms with van der Waals surface area (Å²) in [5.74, 6) is 2.04. The Morgan fingerprint density at radius 3 is 2.83 bits per heavy atom. The molecule has 0 spiro atoms. The molecule has 1 aliphatic heterocycles. The van der Waals surface area contributed by atoms with Gasteiger partial charge in [-0.3, -0.25) is 0 Å². The number of likely N-dealkylation sites (tertiary alicyclic amines) is 1. The summed E-state index contributed by atoms with van der Waals surface area (Å²) in [4.78, 5) is 3.32. The maximum Gasteiger partial charge on any atom is 0.0148 e. The zero-order valence-corrected chi connectivity index (χ0v) is 9.39. The van der Waals surface area contributed by atoms with Crippen LogP contribution in [0.5, 0.6) is 0 Å². The van der Waals surface area contributed by atoms with Crippen molar-refractivity contribution in [1.82, 2.24) is 4.90 Å². The van der Waals surface area contributed by atoms with E-state index >= 15 is 0 Å². The van der Waals surface area contributed by atoms with Crippen molar-refractivity contribution >= 4 is 15.9 Å². The molecule has 0 bridgehead atoms. The summed E-state index contributed by atoms with van der Waals surface area (Å²) < 4.78 is 0. The first kappa shape index (κ1) is 9.01. The molecule has 1 heterocycles. The molecule has 1 nitrogen and oxygen atoms in total. The summed E-state index contributed by atoms with van der Waals surface area (Å²) in [5.41, 5.74) is 0. The number of nitrogens with zero attached hydrogens (tertiary/aromatic N) is 1. The lowest BCUT2D eigenvalue weighted by Gasteiger charge is -2.41. The van der Waals surface area contributed by atoms with Gasteiger partial charge in [-0.1, -0.05) is 15.9 Å². The monoisotopic (exact) mass is 231 g/mol. The molecule has 2 heteroatoms. The van der Waals surface area contributed by atoms with Crippen LogP contribution in [-0.4, -0.2) is 29.9 Å². The first-order valence-electron chi connectivity index (χ1n) is 5.08. The number of fused-ring (bicyclic) bond motifs is 1. The van der Waals surface area contributed by atoms with Crippen LogP contribution >= 0.6 is 15.9 Å². The first-order chi connectivity index (χ1) is 5.75. The third-order valence-electron chi connectivity index (χ3n) is 3.50. The summed E-state index contributed by atoms with van der Waals surface area (Å²) >= 11 is 3.75. The zero-order chi connectivity index (χ0) is 8.55. The Balaban J connectivity index is 1.94. The van der Waals surface area contributed by atoms with E-state index in [1.165, 1.54) is 38.8 Å². The summed E-state index contributed by atoms with van der Waals surface area (Å²) in [6.07, 6.45) is 5.71. The minimum atomic E-state index is 0.821. The van der Waals surface area contributed by atoms with E-state index in [9.17, 15) is 0 Å². The maximum atomic E-state index is 3.75. The average molecular weight is 232 g/mol. The highest BCUT2D eigenvalue weighted by atomic mass is 79.9. The molecule has 0 aromatic carbocycles. The molecular weight excluding hydrogens is 214 g/mol. The Hall–Kier alpha value is 0.440. The average Bonchev–Trinajstić information content (AvgIpc) is 2.05. The van der Waals surface area contributed by atoms with Crippen molar-refractivity contribution in [2.75, 3.05) is 20.1 Å². The van der Waals surface area contributed by atoms with E-state index in [0.29, 0.717) is 0 Å². The van der Waals surface area contributed by atoms with Gasteiger partial charge < -0.3 is 4.90 Å². The number of alkyl halides is 1. The SMILES string of the molecule is CN1CC[C@H]2CC(Br)CCC2C1. The highest BCUT2D eigenvalue weighted by Crippen LogP contribution is 2.38. The predicted octanol–water partition coefficient (Wildman–Crippen LogP) is 2.50. The smallest absolute Gasteiger partial charge is 0.0148 e. The van der Waals surface area contributed by atoms with E-state index in [-0.39, 0.29) is 0 Å². The Morgan fingerprint density at radius 1 is 1.17 bits per heavy atom. The number of hydrogen-bond acceptors (Lipinski definition) is 1. The third kappa shape index (κ3) is 1.85. The molecule has 1 saturated carbocycles. The van der Waals surface area contributed by atoms with E-state index in [1.807, 2.05) is 0 Å². The minimum Gasteiger partial charge on any atom is -0.306 e. The molecule has 2 rings (SSSR count). The normalized spacial score (nSPS) is 44.0. The van der Waals surface area contributed by atoms with Gasteiger partial charge >= 0.3 is 0 Å². The van der Waals surface area contributed by atoms with Crippen LogP contribution in [0.15, 0.2) is 0 Å². The van der Waals surface area contributed by atoms with Crippen LogP contribution in [0.4, 0.5) is 0 Å². The van der Waals surface area contributed by atoms with Gasteiger partial charge in [0.25, 0.3) is 0 Å². The summed E-state index contributed by atoms with van der Waals surface area (Å²) in [6.45, 7) is 2.67. The zero-order valence-electron chi connectivity index (χ0n) is 7.80. The second-order valence-electron chi connectivity index (χ2n) is 4.48. The van der Waals surface area contributed by atoms with Crippen molar-refractivity contribution in [3.8, 4) is 0 Å². The van der Waals surface area contributed by atoms with E-state index in [4.69, 9.17) is 0 Å². The van der Waals surface area contributed by atoms with E-state index in [2.05, 4.69) is 27.9 Å². The topological polar surface area (TPSA) is 3.24 Å². The fourth-order valence-electron chi connectivity index (χ4n) is 2.74. The number of piperidine rings is 1. The second-order valence-corrected chi connectivity index (χ2v) is 5.78. The maximum absolute atomic E-state index is 3.75. The lowest BCUT2D eigenvalue weighted by Crippen LogP contribution is -2.41. The van der Waals surface area contributed by atoms with E-state index in [1.54, 1.807) is 0 Å². The molecule has 1 saturated heterocycles. The first-order valence-corrected chi connectivity index (χ1v) is 6.00. The summed E-state index contributed by atoms with van der Waals surface area (Å²) in [5, 5.41) is 0. The lowest BCUT2D eigenvalue weighted by molar-refractivity contribution is 0.108.